The molecule has 0 radical (unpaired) electrons. The van der Waals surface area contributed by atoms with E-state index in [1.165, 1.54) is 55.0 Å². The van der Waals surface area contributed by atoms with E-state index in [0.717, 1.165) is 45.7 Å². The van der Waals surface area contributed by atoms with Crippen LogP contribution in [0.3, 0.4) is 0 Å². The normalized spacial score (nSPS) is 14.1. The van der Waals surface area contributed by atoms with Crippen LogP contribution in [0.25, 0.3) is 71.7 Å². The molecule has 3 heteroatoms. The third-order valence-corrected chi connectivity index (χ3v) is 11.5. The van der Waals surface area contributed by atoms with Gasteiger partial charge in [-0.05, 0) is 89.3 Å². The van der Waals surface area contributed by atoms with Gasteiger partial charge in [0.25, 0.3) is 0 Å². The number of rotatable bonds is 7. The molecule has 1 aliphatic rings. The highest BCUT2D eigenvalue weighted by atomic mass is 16.3. The van der Waals surface area contributed by atoms with E-state index < -0.39 is 0 Å². The van der Waals surface area contributed by atoms with Gasteiger partial charge in [0, 0.05) is 55.8 Å². The van der Waals surface area contributed by atoms with Crippen LogP contribution in [0.15, 0.2) is 222 Å². The largest absolute Gasteiger partial charge is 0.456 e. The fourth-order valence-corrected chi connectivity index (χ4v) is 8.78. The highest BCUT2D eigenvalue weighted by Crippen LogP contribution is 2.41. The van der Waals surface area contributed by atoms with Crippen LogP contribution < -0.4 is 4.90 Å². The highest BCUT2D eigenvalue weighted by molar-refractivity contribution is 6.09. The first kappa shape index (κ1) is 33.0. The molecule has 270 valence electrons. The Balaban J connectivity index is 0.948. The number of para-hydroxylation sites is 4. The maximum atomic E-state index is 6.44. The number of nitrogens with zero attached hydrogens (tertiary/aromatic N) is 2. The molecule has 10 aromatic rings. The Morgan fingerprint density at radius 3 is 1.72 bits per heavy atom. The molecule has 0 amide bonds. The van der Waals surface area contributed by atoms with Crippen molar-refractivity contribution >= 4 is 55.1 Å². The standard InChI is InChI=1S/C54H38N2O/c1-2-12-37(13-3-1)38-24-30-42(31-25-38)55(44-34-28-40(29-35-44)46-19-11-20-50-49-18-6-9-23-53(49)57-54(46)50)43-32-26-39(27-33-43)41-14-10-15-45(36-41)56-51-21-7-4-16-47(51)48-17-5-8-22-52(48)56/h1-28,30-36,40H,29H2. The van der Waals surface area contributed by atoms with E-state index in [9.17, 15) is 0 Å². The predicted molar refractivity (Wildman–Crippen MR) is 239 cm³/mol. The minimum atomic E-state index is 0.213. The van der Waals surface area contributed by atoms with Gasteiger partial charge in [0.05, 0.1) is 11.0 Å². The van der Waals surface area contributed by atoms with Gasteiger partial charge in [-0.15, -0.1) is 0 Å². The minimum absolute atomic E-state index is 0.213. The van der Waals surface area contributed by atoms with Crippen molar-refractivity contribution in [3.05, 3.63) is 224 Å². The maximum Gasteiger partial charge on any atom is 0.139 e. The van der Waals surface area contributed by atoms with Gasteiger partial charge in [0.1, 0.15) is 11.2 Å². The number of allylic oxidation sites excluding steroid dienone is 3. The lowest BCUT2D eigenvalue weighted by Gasteiger charge is -2.29. The number of fused-ring (bicyclic) bond motifs is 6. The summed E-state index contributed by atoms with van der Waals surface area (Å²) in [4.78, 5) is 2.38. The second-order valence-electron chi connectivity index (χ2n) is 14.9. The van der Waals surface area contributed by atoms with Gasteiger partial charge in [-0.25, -0.2) is 0 Å². The van der Waals surface area contributed by atoms with Crippen LogP contribution in [0.2, 0.25) is 0 Å². The average Bonchev–Trinajstić information content (AvgIpc) is 3.84. The third kappa shape index (κ3) is 5.75. The molecule has 0 aliphatic heterocycles. The molecule has 2 heterocycles. The summed E-state index contributed by atoms with van der Waals surface area (Å²) in [5.41, 5.74) is 14.9. The van der Waals surface area contributed by atoms with Crippen molar-refractivity contribution in [3.8, 4) is 27.9 Å². The molecular formula is C54H38N2O. The van der Waals surface area contributed by atoms with Crippen LogP contribution >= 0.6 is 0 Å². The van der Waals surface area contributed by atoms with Crippen molar-refractivity contribution in [2.75, 3.05) is 4.90 Å². The van der Waals surface area contributed by atoms with Gasteiger partial charge in [-0.2, -0.15) is 0 Å². The first-order valence-corrected chi connectivity index (χ1v) is 19.7. The van der Waals surface area contributed by atoms with Gasteiger partial charge < -0.3 is 13.9 Å². The molecule has 0 spiro atoms. The summed E-state index contributed by atoms with van der Waals surface area (Å²) in [5, 5.41) is 4.87. The molecular weight excluding hydrogens is 693 g/mol. The Bertz CT molecular complexity index is 3090. The Hall–Kier alpha value is -7.36. The number of benzene rings is 8. The molecule has 3 nitrogen and oxygen atoms in total. The van der Waals surface area contributed by atoms with E-state index in [1.54, 1.807) is 0 Å². The Morgan fingerprint density at radius 2 is 1.04 bits per heavy atom. The number of hydrogen-bond donors (Lipinski definition) is 0. The summed E-state index contributed by atoms with van der Waals surface area (Å²) in [7, 11) is 0. The quantitative estimate of drug-likeness (QED) is 0.163. The van der Waals surface area contributed by atoms with E-state index >= 15 is 0 Å². The van der Waals surface area contributed by atoms with Crippen molar-refractivity contribution in [2.24, 2.45) is 0 Å². The Labute approximate surface area is 331 Å². The van der Waals surface area contributed by atoms with E-state index in [4.69, 9.17) is 4.42 Å². The lowest BCUT2D eigenvalue weighted by Crippen LogP contribution is -2.17. The molecule has 0 bridgehead atoms. The molecule has 0 saturated heterocycles. The average molecular weight is 731 g/mol. The molecule has 0 saturated carbocycles. The molecule has 11 rings (SSSR count). The van der Waals surface area contributed by atoms with Gasteiger partial charge in [-0.3, -0.25) is 0 Å². The molecule has 0 N–H and O–H groups in total. The molecule has 8 aromatic carbocycles. The summed E-state index contributed by atoms with van der Waals surface area (Å²) < 4.78 is 8.83. The van der Waals surface area contributed by atoms with Crippen LogP contribution in [0.1, 0.15) is 17.9 Å². The van der Waals surface area contributed by atoms with Crippen molar-refractivity contribution in [3.63, 3.8) is 0 Å². The van der Waals surface area contributed by atoms with Crippen LogP contribution in [0.4, 0.5) is 11.4 Å². The van der Waals surface area contributed by atoms with E-state index in [2.05, 4.69) is 216 Å². The van der Waals surface area contributed by atoms with Crippen LogP contribution in [0.5, 0.6) is 0 Å². The Morgan fingerprint density at radius 1 is 0.474 bits per heavy atom. The summed E-state index contributed by atoms with van der Waals surface area (Å²) in [6.07, 6.45) is 7.87. The van der Waals surface area contributed by atoms with Crippen molar-refractivity contribution in [1.82, 2.24) is 4.57 Å². The van der Waals surface area contributed by atoms with Crippen LogP contribution in [-0.4, -0.2) is 4.57 Å². The number of aromatic nitrogens is 1. The van der Waals surface area contributed by atoms with E-state index in [0.29, 0.717) is 0 Å². The zero-order valence-corrected chi connectivity index (χ0v) is 31.3. The van der Waals surface area contributed by atoms with Gasteiger partial charge in [0.2, 0.25) is 0 Å². The van der Waals surface area contributed by atoms with Crippen molar-refractivity contribution < 1.29 is 4.42 Å². The highest BCUT2D eigenvalue weighted by Gasteiger charge is 2.22. The molecule has 1 unspecified atom stereocenters. The summed E-state index contributed by atoms with van der Waals surface area (Å²) in [6.45, 7) is 0. The van der Waals surface area contributed by atoms with Gasteiger partial charge in [0.15, 0.2) is 0 Å². The second-order valence-corrected chi connectivity index (χ2v) is 14.9. The maximum absolute atomic E-state index is 6.44. The molecule has 1 aliphatic carbocycles. The zero-order valence-electron chi connectivity index (χ0n) is 31.3. The number of anilines is 2. The minimum Gasteiger partial charge on any atom is -0.456 e. The first-order chi connectivity index (χ1) is 28.3. The van der Waals surface area contributed by atoms with Crippen LogP contribution in [-0.2, 0) is 0 Å². The lowest BCUT2D eigenvalue weighted by atomic mass is 9.90. The first-order valence-electron chi connectivity index (χ1n) is 19.7. The SMILES string of the molecule is C1=CC(c2cccc3c2oc2ccccc23)CC=C1N(c1ccc(-c2ccccc2)cc1)c1ccc(-c2cccc(-n3c4ccccc4c4ccccc43)c2)cc1. The molecule has 2 aromatic heterocycles. The van der Waals surface area contributed by atoms with E-state index in [1.807, 2.05) is 6.07 Å². The van der Waals surface area contributed by atoms with E-state index in [-0.39, 0.29) is 5.92 Å². The predicted octanol–water partition coefficient (Wildman–Crippen LogP) is 14.8. The van der Waals surface area contributed by atoms with Crippen LogP contribution in [0, 0.1) is 0 Å². The second kappa shape index (κ2) is 13.7. The number of furan rings is 1. The lowest BCUT2D eigenvalue weighted by molar-refractivity contribution is 0.657. The molecule has 57 heavy (non-hydrogen) atoms. The topological polar surface area (TPSA) is 21.3 Å². The number of hydrogen-bond acceptors (Lipinski definition) is 2. The molecule has 1 atom stereocenters. The zero-order chi connectivity index (χ0) is 37.7. The molecule has 0 fully saturated rings. The fourth-order valence-electron chi connectivity index (χ4n) is 8.78. The summed E-state index contributed by atoms with van der Waals surface area (Å²) >= 11 is 0. The Kier molecular flexibility index (Phi) is 7.96. The third-order valence-electron chi connectivity index (χ3n) is 11.5. The fraction of sp³-hybridized carbons (Fsp3) is 0.0370. The van der Waals surface area contributed by atoms with Gasteiger partial charge in [-0.1, -0.05) is 152 Å². The summed E-state index contributed by atoms with van der Waals surface area (Å²) in [6, 6.07) is 69.7. The summed E-state index contributed by atoms with van der Waals surface area (Å²) in [5.74, 6) is 0.213. The smallest absolute Gasteiger partial charge is 0.139 e. The monoisotopic (exact) mass is 730 g/mol. The van der Waals surface area contributed by atoms with Crippen molar-refractivity contribution in [2.45, 2.75) is 12.3 Å². The van der Waals surface area contributed by atoms with Gasteiger partial charge >= 0.3 is 0 Å². The van der Waals surface area contributed by atoms with Crippen molar-refractivity contribution in [1.29, 1.82) is 0 Å².